The van der Waals surface area contributed by atoms with Crippen LogP contribution in [-0.4, -0.2) is 80.0 Å². The Morgan fingerprint density at radius 3 is 2.36 bits per heavy atom. The van der Waals surface area contributed by atoms with Crippen LogP contribution in [0.2, 0.25) is 0 Å². The van der Waals surface area contributed by atoms with Crippen molar-refractivity contribution in [2.75, 3.05) is 26.8 Å². The maximum Gasteiger partial charge on any atom is 0.490 e. The number of rotatable bonds is 16. The number of halogens is 3. The van der Waals surface area contributed by atoms with Crippen molar-refractivity contribution in [3.8, 4) is 5.75 Å². The molecule has 0 spiro atoms. The summed E-state index contributed by atoms with van der Waals surface area (Å²) in [5, 5.41) is 11.0. The van der Waals surface area contributed by atoms with Crippen LogP contribution in [0.3, 0.4) is 0 Å². The first-order valence-corrected chi connectivity index (χ1v) is 15.8. The molecule has 1 aromatic heterocycles. The predicted octanol–water partition coefficient (Wildman–Crippen LogP) is 3.47. The van der Waals surface area contributed by atoms with Crippen molar-refractivity contribution >= 4 is 32.8 Å². The summed E-state index contributed by atoms with van der Waals surface area (Å²) in [5.74, 6) is -2.61. The number of nitrogens with zero attached hydrogens (tertiary/aromatic N) is 1. The Kier molecular flexibility index (Phi) is 12.0. The van der Waals surface area contributed by atoms with Crippen LogP contribution in [0, 0.1) is 5.92 Å². The number of benzene rings is 2. The fourth-order valence-corrected chi connectivity index (χ4v) is 6.18. The van der Waals surface area contributed by atoms with Crippen molar-refractivity contribution in [1.82, 2.24) is 14.6 Å². The highest BCUT2D eigenvalue weighted by atomic mass is 32.2. The number of unbranched alkanes of at least 4 members (excludes halogenated alkanes) is 1. The van der Waals surface area contributed by atoms with Crippen LogP contribution in [-0.2, 0) is 30.8 Å². The van der Waals surface area contributed by atoms with Gasteiger partial charge in [0.25, 0.3) is 0 Å². The van der Waals surface area contributed by atoms with E-state index in [-0.39, 0.29) is 42.5 Å². The molecule has 0 saturated heterocycles. The highest BCUT2D eigenvalue weighted by Gasteiger charge is 2.48. The molecule has 3 aromatic rings. The van der Waals surface area contributed by atoms with Crippen LogP contribution < -0.4 is 15.2 Å². The number of hydrogen-bond acceptors (Lipinski definition) is 8. The topological polar surface area (TPSA) is 164 Å². The van der Waals surface area contributed by atoms with E-state index in [1.165, 1.54) is 19.2 Å². The number of aromatic nitrogens is 1. The molecule has 45 heavy (non-hydrogen) atoms. The molecule has 0 radical (unpaired) electrons. The van der Waals surface area contributed by atoms with Gasteiger partial charge < -0.3 is 30.2 Å². The number of carbonyl (C=O) groups is 2. The van der Waals surface area contributed by atoms with Gasteiger partial charge in [-0.3, -0.25) is 4.79 Å². The zero-order valence-corrected chi connectivity index (χ0v) is 26.1. The Bertz CT molecular complexity index is 1540. The van der Waals surface area contributed by atoms with Crippen LogP contribution in [0.1, 0.15) is 38.7 Å². The Labute approximate surface area is 259 Å². The number of alkyl halides is 3. The van der Waals surface area contributed by atoms with E-state index in [2.05, 4.69) is 9.72 Å². The number of aliphatic hydroxyl groups is 1. The molecule has 2 aromatic carbocycles. The fraction of sp³-hybridized carbons (Fsp3) is 0.467. The number of para-hydroxylation sites is 1. The van der Waals surface area contributed by atoms with Gasteiger partial charge in [-0.15, -0.1) is 0 Å². The lowest BCUT2D eigenvalue weighted by Crippen LogP contribution is -2.56. The number of H-pyrrole nitrogens is 1. The van der Waals surface area contributed by atoms with Crippen LogP contribution in [0.15, 0.2) is 59.6 Å². The SMILES string of the molecule is COc1ccc(S(=O)(=O)N[C@](CO)(CCCCN(CC(C)C)C(=O)[C@@H](N)Cc2c[nH]c3ccccc23)OC(=O)C(F)(F)F)cc1. The van der Waals surface area contributed by atoms with E-state index in [4.69, 9.17) is 10.5 Å². The van der Waals surface area contributed by atoms with Crippen LogP contribution in [0.5, 0.6) is 5.75 Å². The second kappa shape index (κ2) is 15.1. The van der Waals surface area contributed by atoms with Crippen molar-refractivity contribution in [2.24, 2.45) is 11.7 Å². The normalized spacial score (nSPS) is 14.2. The molecular weight excluding hydrogens is 617 g/mol. The molecule has 1 heterocycles. The van der Waals surface area contributed by atoms with Crippen molar-refractivity contribution in [1.29, 1.82) is 0 Å². The lowest BCUT2D eigenvalue weighted by atomic mass is 10.0. The number of nitrogens with one attached hydrogen (secondary N) is 2. The van der Waals surface area contributed by atoms with E-state index in [1.807, 2.05) is 42.8 Å². The van der Waals surface area contributed by atoms with Gasteiger partial charge in [0.1, 0.15) is 5.75 Å². The van der Waals surface area contributed by atoms with Gasteiger partial charge in [0.15, 0.2) is 5.72 Å². The molecule has 0 bridgehead atoms. The summed E-state index contributed by atoms with van der Waals surface area (Å²) in [6.45, 7) is 3.02. The molecule has 0 saturated carbocycles. The number of carbonyl (C=O) groups excluding carboxylic acids is 2. The number of aromatic amines is 1. The molecule has 0 unspecified atom stereocenters. The number of nitrogens with two attached hydrogens (primary N) is 1. The summed E-state index contributed by atoms with van der Waals surface area (Å²) < 4.78 is 77.1. The maximum atomic E-state index is 13.4. The van der Waals surface area contributed by atoms with Gasteiger partial charge >= 0.3 is 12.1 Å². The zero-order chi connectivity index (χ0) is 33.4. The van der Waals surface area contributed by atoms with Gasteiger partial charge in [0.2, 0.25) is 15.9 Å². The molecule has 15 heteroatoms. The quantitative estimate of drug-likeness (QED) is 0.103. The number of aliphatic hydroxyl groups excluding tert-OH is 1. The van der Waals surface area contributed by atoms with Crippen molar-refractivity contribution in [3.05, 3.63) is 60.3 Å². The molecule has 0 aliphatic rings. The number of esters is 1. The molecule has 5 N–H and O–H groups in total. The summed E-state index contributed by atoms with van der Waals surface area (Å²) in [6, 6.07) is 11.7. The largest absolute Gasteiger partial charge is 0.497 e. The summed E-state index contributed by atoms with van der Waals surface area (Å²) in [6.07, 6.45) is -3.76. The number of fused-ring (bicyclic) bond motifs is 1. The predicted molar refractivity (Wildman–Crippen MR) is 161 cm³/mol. The molecule has 0 aliphatic heterocycles. The van der Waals surface area contributed by atoms with Crippen LogP contribution in [0.4, 0.5) is 13.2 Å². The van der Waals surface area contributed by atoms with Crippen LogP contribution >= 0.6 is 0 Å². The maximum absolute atomic E-state index is 13.4. The van der Waals surface area contributed by atoms with Gasteiger partial charge in [-0.2, -0.15) is 17.9 Å². The Hall–Kier alpha value is -3.66. The Morgan fingerprint density at radius 1 is 1.09 bits per heavy atom. The molecular formula is C30H39F3N4O7S. The van der Waals surface area contributed by atoms with Gasteiger partial charge in [-0.05, 0) is 61.1 Å². The number of hydrogen-bond donors (Lipinski definition) is 4. The molecule has 11 nitrogen and oxygen atoms in total. The fourth-order valence-electron chi connectivity index (χ4n) is 4.87. The molecule has 3 rings (SSSR count). The first-order valence-electron chi connectivity index (χ1n) is 14.3. The standard InChI is InChI=1S/C30H39F3N4O7S/c1-20(2)18-37(27(39)25(34)16-21-17-35-26-9-5-4-8-24(21)26)15-7-6-14-29(19-38,44-28(40)30(31,32)33)36-45(41,42)23-12-10-22(43-3)11-13-23/h4-5,8-13,17,20,25,35-36,38H,6-7,14-16,18-19,34H2,1-3H3/t25-,29+/m0/s1. The first kappa shape index (κ1) is 35.8. The number of sulfonamides is 1. The molecule has 0 aliphatic carbocycles. The molecule has 248 valence electrons. The van der Waals surface area contributed by atoms with Crippen LogP contribution in [0.25, 0.3) is 10.9 Å². The molecule has 2 atom stereocenters. The average molecular weight is 657 g/mol. The third-order valence-corrected chi connectivity index (χ3v) is 8.59. The van der Waals surface area contributed by atoms with Crippen molar-refractivity contribution in [3.63, 3.8) is 0 Å². The summed E-state index contributed by atoms with van der Waals surface area (Å²) >= 11 is 0. The van der Waals surface area contributed by atoms with E-state index in [0.717, 1.165) is 28.6 Å². The van der Waals surface area contributed by atoms with Gasteiger partial charge in [-0.25, -0.2) is 13.2 Å². The van der Waals surface area contributed by atoms with E-state index < -0.39 is 47.0 Å². The zero-order valence-electron chi connectivity index (χ0n) is 25.3. The minimum Gasteiger partial charge on any atom is -0.497 e. The Balaban J connectivity index is 1.73. The van der Waals surface area contributed by atoms with Gasteiger partial charge in [0, 0.05) is 36.6 Å². The highest BCUT2D eigenvalue weighted by molar-refractivity contribution is 7.89. The number of methoxy groups -OCH3 is 1. The van der Waals surface area contributed by atoms with E-state index in [1.54, 1.807) is 11.1 Å². The lowest BCUT2D eigenvalue weighted by molar-refractivity contribution is -0.219. The smallest absolute Gasteiger partial charge is 0.490 e. The monoisotopic (exact) mass is 656 g/mol. The van der Waals surface area contributed by atoms with E-state index in [9.17, 15) is 36.3 Å². The van der Waals surface area contributed by atoms with Crippen molar-refractivity contribution < 1.29 is 45.8 Å². The summed E-state index contributed by atoms with van der Waals surface area (Å²) in [7, 11) is -3.21. The van der Waals surface area contributed by atoms with E-state index >= 15 is 0 Å². The second-order valence-electron chi connectivity index (χ2n) is 11.1. The number of ether oxygens (including phenoxy) is 2. The highest BCUT2D eigenvalue weighted by Crippen LogP contribution is 2.27. The van der Waals surface area contributed by atoms with E-state index in [0.29, 0.717) is 12.3 Å². The summed E-state index contributed by atoms with van der Waals surface area (Å²) in [4.78, 5) is 29.5. The minimum atomic E-state index is -5.45. The molecule has 0 fully saturated rings. The lowest BCUT2D eigenvalue weighted by Gasteiger charge is -2.33. The Morgan fingerprint density at radius 2 is 1.76 bits per heavy atom. The third-order valence-electron chi connectivity index (χ3n) is 7.05. The third kappa shape index (κ3) is 9.66. The summed E-state index contributed by atoms with van der Waals surface area (Å²) in [5.41, 5.74) is 5.47. The van der Waals surface area contributed by atoms with Gasteiger partial charge in [0.05, 0.1) is 24.7 Å². The first-order chi connectivity index (χ1) is 21.1. The average Bonchev–Trinajstić information content (AvgIpc) is 3.39. The minimum absolute atomic E-state index is 0.0314. The number of amides is 1. The molecule has 1 amide bonds. The second-order valence-corrected chi connectivity index (χ2v) is 12.8. The van der Waals surface area contributed by atoms with Gasteiger partial charge in [-0.1, -0.05) is 32.0 Å². The van der Waals surface area contributed by atoms with Crippen molar-refractivity contribution in [2.45, 2.75) is 62.4 Å².